The fourth-order valence-corrected chi connectivity index (χ4v) is 2.52. The van der Waals surface area contributed by atoms with Crippen LogP contribution in [-0.2, 0) is 4.74 Å². The summed E-state index contributed by atoms with van der Waals surface area (Å²) >= 11 is 0. The summed E-state index contributed by atoms with van der Waals surface area (Å²) in [5.74, 6) is 0. The van der Waals surface area contributed by atoms with Crippen LogP contribution in [0.15, 0.2) is 37.2 Å². The number of unbranched alkanes of at least 4 members (excludes halogenated alkanes) is 1. The number of pyridine rings is 1. The highest BCUT2D eigenvalue weighted by atomic mass is 19.3. The third kappa shape index (κ3) is 5.25. The summed E-state index contributed by atoms with van der Waals surface area (Å²) in [6, 6.07) is 2.63. The van der Waals surface area contributed by atoms with E-state index in [9.17, 15) is 13.6 Å². The molecule has 1 atom stereocenters. The summed E-state index contributed by atoms with van der Waals surface area (Å²) < 4.78 is 32.0. The Morgan fingerprint density at radius 1 is 1.52 bits per heavy atom. The van der Waals surface area contributed by atoms with Crippen LogP contribution in [0.1, 0.15) is 44.5 Å². The summed E-state index contributed by atoms with van der Waals surface area (Å²) in [6.07, 6.45) is 5.77. The Morgan fingerprint density at radius 3 is 2.96 bits per heavy atom. The van der Waals surface area contributed by atoms with Gasteiger partial charge < -0.3 is 15.8 Å². The lowest BCUT2D eigenvalue weighted by molar-refractivity contribution is 0.0585. The Labute approximate surface area is 156 Å². The molecule has 2 heterocycles. The van der Waals surface area contributed by atoms with Crippen LogP contribution in [0, 0.1) is 0 Å². The highest BCUT2D eigenvalue weighted by molar-refractivity contribution is 5.73. The molecule has 0 fully saturated rings. The van der Waals surface area contributed by atoms with Gasteiger partial charge in [-0.25, -0.2) is 9.48 Å². The van der Waals surface area contributed by atoms with Crippen molar-refractivity contribution >= 4 is 11.8 Å². The SMILES string of the molecule is C=CCC(NC(=O)OCCCC)c1cc(-c2c(N)cnn2C(F)F)ccn1. The van der Waals surface area contributed by atoms with Crippen LogP contribution in [0.3, 0.4) is 0 Å². The number of anilines is 1. The standard InChI is InChI=1S/C18H23F2N5O2/c1-3-5-9-27-18(26)24-14(6-4-2)15-10-12(7-8-22-15)16-13(21)11-23-25(16)17(19)20/h4,7-8,10-11,14,17H,2-3,5-6,9,21H2,1H3,(H,24,26). The van der Waals surface area contributed by atoms with Gasteiger partial charge in [0.05, 0.1) is 35.9 Å². The molecule has 0 saturated heterocycles. The molecule has 0 aromatic carbocycles. The quantitative estimate of drug-likeness (QED) is 0.506. The van der Waals surface area contributed by atoms with Crippen molar-refractivity contribution in [2.45, 2.75) is 38.8 Å². The van der Waals surface area contributed by atoms with E-state index < -0.39 is 18.7 Å². The van der Waals surface area contributed by atoms with Gasteiger partial charge in [0, 0.05) is 11.8 Å². The molecule has 3 N–H and O–H groups in total. The Balaban J connectivity index is 2.26. The highest BCUT2D eigenvalue weighted by Gasteiger charge is 2.20. The van der Waals surface area contributed by atoms with Crippen molar-refractivity contribution in [3.8, 4) is 11.3 Å². The first-order valence-electron chi connectivity index (χ1n) is 8.59. The van der Waals surface area contributed by atoms with E-state index in [0.29, 0.717) is 29.0 Å². The topological polar surface area (TPSA) is 95.1 Å². The van der Waals surface area contributed by atoms with E-state index in [1.54, 1.807) is 18.2 Å². The van der Waals surface area contributed by atoms with Crippen LogP contribution in [0.5, 0.6) is 0 Å². The second-order valence-corrected chi connectivity index (χ2v) is 5.85. The van der Waals surface area contributed by atoms with Crippen LogP contribution in [0.2, 0.25) is 0 Å². The van der Waals surface area contributed by atoms with Crippen molar-refractivity contribution in [1.82, 2.24) is 20.1 Å². The number of ether oxygens (including phenoxy) is 1. The van der Waals surface area contributed by atoms with Gasteiger partial charge in [-0.2, -0.15) is 13.9 Å². The number of hydrogen-bond donors (Lipinski definition) is 2. The average molecular weight is 379 g/mol. The number of rotatable bonds is 9. The maximum atomic E-state index is 13.2. The van der Waals surface area contributed by atoms with Crippen LogP contribution in [0.4, 0.5) is 19.3 Å². The molecule has 2 aromatic heterocycles. The molecule has 0 aliphatic rings. The molecule has 0 radical (unpaired) electrons. The van der Waals surface area contributed by atoms with Gasteiger partial charge >= 0.3 is 12.6 Å². The number of nitrogens with one attached hydrogen (secondary N) is 1. The van der Waals surface area contributed by atoms with Gasteiger partial charge in [-0.05, 0) is 25.0 Å². The average Bonchev–Trinajstić information content (AvgIpc) is 3.03. The minimum Gasteiger partial charge on any atom is -0.450 e. The predicted octanol–water partition coefficient (Wildman–Crippen LogP) is 4.07. The summed E-state index contributed by atoms with van der Waals surface area (Å²) in [7, 11) is 0. The van der Waals surface area contributed by atoms with Crippen molar-refractivity contribution in [2.75, 3.05) is 12.3 Å². The third-order valence-electron chi connectivity index (χ3n) is 3.85. The highest BCUT2D eigenvalue weighted by Crippen LogP contribution is 2.30. The maximum Gasteiger partial charge on any atom is 0.407 e. The first kappa shape index (κ1) is 20.3. The maximum absolute atomic E-state index is 13.2. The minimum atomic E-state index is -2.83. The molecule has 0 saturated carbocycles. The summed E-state index contributed by atoms with van der Waals surface area (Å²) in [4.78, 5) is 16.2. The molecule has 7 nitrogen and oxygen atoms in total. The molecule has 27 heavy (non-hydrogen) atoms. The van der Waals surface area contributed by atoms with Crippen molar-refractivity contribution in [3.63, 3.8) is 0 Å². The van der Waals surface area contributed by atoms with Crippen molar-refractivity contribution in [3.05, 3.63) is 42.9 Å². The third-order valence-corrected chi connectivity index (χ3v) is 3.85. The van der Waals surface area contributed by atoms with Crippen molar-refractivity contribution in [1.29, 1.82) is 0 Å². The van der Waals surface area contributed by atoms with Gasteiger partial charge in [0.15, 0.2) is 0 Å². The van der Waals surface area contributed by atoms with Gasteiger partial charge in [0.25, 0.3) is 0 Å². The molecule has 9 heteroatoms. The lowest BCUT2D eigenvalue weighted by Gasteiger charge is -2.18. The second-order valence-electron chi connectivity index (χ2n) is 5.85. The lowest BCUT2D eigenvalue weighted by Crippen LogP contribution is -2.29. The normalized spacial score (nSPS) is 12.0. The molecule has 0 bridgehead atoms. The molecular weight excluding hydrogens is 356 g/mol. The molecule has 0 aliphatic carbocycles. The first-order valence-corrected chi connectivity index (χ1v) is 8.59. The molecule has 146 valence electrons. The van der Waals surface area contributed by atoms with Gasteiger partial charge in [0.1, 0.15) is 0 Å². The van der Waals surface area contributed by atoms with E-state index >= 15 is 0 Å². The monoisotopic (exact) mass is 379 g/mol. The van der Waals surface area contributed by atoms with Gasteiger partial charge in [-0.3, -0.25) is 4.98 Å². The molecule has 0 aliphatic heterocycles. The molecular formula is C18H23F2N5O2. The van der Waals surface area contributed by atoms with E-state index in [2.05, 4.69) is 22.0 Å². The Bertz CT molecular complexity index is 779. The fraction of sp³-hybridized carbons (Fsp3) is 0.389. The number of aromatic nitrogens is 3. The van der Waals surface area contributed by atoms with Gasteiger partial charge in [-0.1, -0.05) is 19.4 Å². The number of alkyl carbamates (subject to hydrolysis) is 1. The van der Waals surface area contributed by atoms with Crippen LogP contribution < -0.4 is 11.1 Å². The number of alkyl halides is 2. The predicted molar refractivity (Wildman–Crippen MR) is 98.1 cm³/mol. The zero-order chi connectivity index (χ0) is 19.8. The number of carbonyl (C=O) groups is 1. The zero-order valence-electron chi connectivity index (χ0n) is 15.1. The summed E-state index contributed by atoms with van der Waals surface area (Å²) in [5.41, 5.74) is 6.92. The Morgan fingerprint density at radius 2 is 2.30 bits per heavy atom. The van der Waals surface area contributed by atoms with E-state index in [0.717, 1.165) is 12.8 Å². The number of carbonyl (C=O) groups excluding carboxylic acids is 1. The number of nitrogen functional groups attached to an aromatic ring is 1. The molecule has 0 spiro atoms. The summed E-state index contributed by atoms with van der Waals surface area (Å²) in [6.45, 7) is 3.16. The Kier molecular flexibility index (Phi) is 7.27. The molecule has 1 unspecified atom stereocenters. The van der Waals surface area contributed by atoms with Crippen LogP contribution in [-0.4, -0.2) is 27.5 Å². The molecule has 2 aromatic rings. The number of nitrogens with zero attached hydrogens (tertiary/aromatic N) is 3. The number of nitrogens with two attached hydrogens (primary N) is 1. The van der Waals surface area contributed by atoms with Crippen molar-refractivity contribution < 1.29 is 18.3 Å². The van der Waals surface area contributed by atoms with Crippen LogP contribution >= 0.6 is 0 Å². The molecule has 1 amide bonds. The summed E-state index contributed by atoms with van der Waals surface area (Å²) in [5, 5.41) is 6.33. The van der Waals surface area contributed by atoms with E-state index in [1.165, 1.54) is 12.4 Å². The van der Waals surface area contributed by atoms with E-state index in [4.69, 9.17) is 10.5 Å². The van der Waals surface area contributed by atoms with Crippen LogP contribution in [0.25, 0.3) is 11.3 Å². The second kappa shape index (κ2) is 9.65. The lowest BCUT2D eigenvalue weighted by atomic mass is 10.1. The van der Waals surface area contributed by atoms with Crippen molar-refractivity contribution in [2.24, 2.45) is 0 Å². The van der Waals surface area contributed by atoms with Gasteiger partial charge in [-0.15, -0.1) is 6.58 Å². The smallest absolute Gasteiger partial charge is 0.407 e. The number of amides is 1. The number of hydrogen-bond acceptors (Lipinski definition) is 5. The largest absolute Gasteiger partial charge is 0.450 e. The first-order chi connectivity index (χ1) is 13.0. The van der Waals surface area contributed by atoms with E-state index in [1.807, 2.05) is 6.92 Å². The number of halogens is 2. The van der Waals surface area contributed by atoms with E-state index in [-0.39, 0.29) is 11.4 Å². The molecule has 2 rings (SSSR count). The minimum absolute atomic E-state index is 0.0940. The zero-order valence-corrected chi connectivity index (χ0v) is 15.1. The Hall–Kier alpha value is -2.97. The fourth-order valence-electron chi connectivity index (χ4n) is 2.52. The van der Waals surface area contributed by atoms with Gasteiger partial charge in [0.2, 0.25) is 0 Å².